The molecule has 1 heterocycles. The van der Waals surface area contributed by atoms with Gasteiger partial charge in [-0.15, -0.1) is 0 Å². The summed E-state index contributed by atoms with van der Waals surface area (Å²) in [7, 11) is -3.55. The van der Waals surface area contributed by atoms with E-state index in [2.05, 4.69) is 15.9 Å². The second-order valence-electron chi connectivity index (χ2n) is 5.23. The first kappa shape index (κ1) is 16.7. The van der Waals surface area contributed by atoms with Gasteiger partial charge in [-0.05, 0) is 23.6 Å². The lowest BCUT2D eigenvalue weighted by atomic mass is 9.99. The van der Waals surface area contributed by atoms with Gasteiger partial charge in [0.05, 0.1) is 11.7 Å². The molecule has 2 atom stereocenters. The fourth-order valence-corrected chi connectivity index (χ4v) is 5.08. The number of carboxylic acids is 1. The van der Waals surface area contributed by atoms with Crippen LogP contribution in [0.5, 0.6) is 0 Å². The number of aliphatic carboxylic acids is 1. The number of rotatable bonds is 4. The Balaban J connectivity index is 2.18. The van der Waals surface area contributed by atoms with E-state index in [0.29, 0.717) is 15.1 Å². The van der Waals surface area contributed by atoms with Gasteiger partial charge in [-0.1, -0.05) is 40.5 Å². The second-order valence-corrected chi connectivity index (χ2v) is 8.49. The first-order chi connectivity index (χ1) is 9.70. The third-order valence-corrected chi connectivity index (χ3v) is 6.38. The van der Waals surface area contributed by atoms with Crippen LogP contribution in [0.1, 0.15) is 12.5 Å². The molecule has 21 heavy (non-hydrogen) atoms. The van der Waals surface area contributed by atoms with E-state index in [9.17, 15) is 13.2 Å². The highest BCUT2D eigenvalue weighted by Gasteiger charge is 2.40. The Morgan fingerprint density at radius 2 is 2.14 bits per heavy atom. The molecule has 0 spiro atoms. The Kier molecular flexibility index (Phi) is 4.97. The zero-order chi connectivity index (χ0) is 15.8. The maximum absolute atomic E-state index is 12.4. The zero-order valence-corrected chi connectivity index (χ0v) is 14.4. The van der Waals surface area contributed by atoms with E-state index < -0.39 is 21.9 Å². The lowest BCUT2D eigenvalue weighted by molar-refractivity contribution is -0.142. The van der Waals surface area contributed by atoms with Crippen molar-refractivity contribution in [3.63, 3.8) is 0 Å². The fraction of sp³-hybridized carbons (Fsp3) is 0.462. The van der Waals surface area contributed by atoms with E-state index in [-0.39, 0.29) is 24.8 Å². The van der Waals surface area contributed by atoms with E-state index in [1.807, 2.05) is 0 Å². The average molecular weight is 397 g/mol. The van der Waals surface area contributed by atoms with Gasteiger partial charge in [0.15, 0.2) is 0 Å². The molecule has 0 unspecified atom stereocenters. The number of carboxylic acid groups (broad SMARTS) is 1. The topological polar surface area (TPSA) is 74.7 Å². The highest BCUT2D eigenvalue weighted by atomic mass is 79.9. The number of nitrogens with zero attached hydrogens (tertiary/aromatic N) is 1. The van der Waals surface area contributed by atoms with Crippen LogP contribution < -0.4 is 0 Å². The number of halogens is 2. The molecule has 5 nitrogen and oxygen atoms in total. The number of hydrogen-bond acceptors (Lipinski definition) is 3. The lowest BCUT2D eigenvalue weighted by Gasteiger charge is -2.16. The van der Waals surface area contributed by atoms with Crippen molar-refractivity contribution in [2.45, 2.75) is 12.7 Å². The predicted octanol–water partition coefficient (Wildman–Crippen LogP) is 2.58. The average Bonchev–Trinajstić information content (AvgIpc) is 2.76. The maximum atomic E-state index is 12.4. The van der Waals surface area contributed by atoms with Crippen molar-refractivity contribution in [3.8, 4) is 0 Å². The van der Waals surface area contributed by atoms with Crippen LogP contribution in [0.2, 0.25) is 5.02 Å². The van der Waals surface area contributed by atoms with Gasteiger partial charge in [-0.2, -0.15) is 0 Å². The van der Waals surface area contributed by atoms with Crippen molar-refractivity contribution < 1.29 is 18.3 Å². The van der Waals surface area contributed by atoms with Gasteiger partial charge in [0.25, 0.3) is 0 Å². The molecule has 116 valence electrons. The van der Waals surface area contributed by atoms with Gasteiger partial charge >= 0.3 is 5.97 Å². The quantitative estimate of drug-likeness (QED) is 0.849. The molecular formula is C13H15BrClNO4S. The van der Waals surface area contributed by atoms with Crippen LogP contribution in [0.4, 0.5) is 0 Å². The molecule has 0 radical (unpaired) electrons. The van der Waals surface area contributed by atoms with E-state index in [1.165, 1.54) is 4.31 Å². The molecule has 2 rings (SSSR count). The van der Waals surface area contributed by atoms with Crippen LogP contribution in [-0.4, -0.2) is 36.9 Å². The van der Waals surface area contributed by atoms with Crippen LogP contribution in [0, 0.1) is 11.8 Å². The Bertz CT molecular complexity index is 664. The Morgan fingerprint density at radius 1 is 1.48 bits per heavy atom. The number of sulfonamides is 1. The molecule has 1 aromatic carbocycles. The monoisotopic (exact) mass is 395 g/mol. The highest BCUT2D eigenvalue weighted by Crippen LogP contribution is 2.29. The van der Waals surface area contributed by atoms with Gasteiger partial charge in [-0.25, -0.2) is 12.7 Å². The summed E-state index contributed by atoms with van der Waals surface area (Å²) in [4.78, 5) is 11.1. The third-order valence-electron chi connectivity index (χ3n) is 3.64. The molecule has 0 bridgehead atoms. The minimum Gasteiger partial charge on any atom is -0.481 e. The normalized spacial score (nSPS) is 23.4. The molecule has 1 fully saturated rings. The maximum Gasteiger partial charge on any atom is 0.308 e. The molecule has 0 aliphatic carbocycles. The molecule has 1 saturated heterocycles. The van der Waals surface area contributed by atoms with Crippen molar-refractivity contribution in [2.75, 3.05) is 13.1 Å². The van der Waals surface area contributed by atoms with E-state index in [4.69, 9.17) is 16.7 Å². The molecule has 0 amide bonds. The van der Waals surface area contributed by atoms with Gasteiger partial charge in [0, 0.05) is 22.6 Å². The van der Waals surface area contributed by atoms with Crippen LogP contribution in [-0.2, 0) is 20.6 Å². The minimum absolute atomic E-state index is 0.0318. The summed E-state index contributed by atoms with van der Waals surface area (Å²) in [5.41, 5.74) is 0.603. The smallest absolute Gasteiger partial charge is 0.308 e. The Labute approximate surface area is 137 Å². The van der Waals surface area contributed by atoms with Gasteiger partial charge < -0.3 is 5.11 Å². The second kappa shape index (κ2) is 6.24. The summed E-state index contributed by atoms with van der Waals surface area (Å²) in [6, 6.07) is 4.92. The standard InChI is InChI=1S/C13H15BrClNO4S/c1-8-5-16(6-11(8)13(17)18)21(19,20)7-9-2-3-10(15)4-12(9)14/h2-4,8,11H,5-7H2,1H3,(H,17,18)/t8-,11-/m1/s1. The predicted molar refractivity (Wildman–Crippen MR) is 83.6 cm³/mol. The van der Waals surface area contributed by atoms with Crippen LogP contribution >= 0.6 is 27.5 Å². The summed E-state index contributed by atoms with van der Waals surface area (Å²) in [5.74, 6) is -1.96. The van der Waals surface area contributed by atoms with Crippen molar-refractivity contribution in [3.05, 3.63) is 33.3 Å². The van der Waals surface area contributed by atoms with Crippen LogP contribution in [0.25, 0.3) is 0 Å². The fourth-order valence-electron chi connectivity index (χ4n) is 2.40. The van der Waals surface area contributed by atoms with Crippen molar-refractivity contribution in [2.24, 2.45) is 11.8 Å². The summed E-state index contributed by atoms with van der Waals surface area (Å²) in [6.07, 6.45) is 0. The molecular weight excluding hydrogens is 382 g/mol. The Morgan fingerprint density at radius 3 is 2.67 bits per heavy atom. The number of benzene rings is 1. The molecule has 1 aliphatic heterocycles. The first-order valence-electron chi connectivity index (χ1n) is 6.35. The van der Waals surface area contributed by atoms with Crippen molar-refractivity contribution in [1.82, 2.24) is 4.31 Å². The van der Waals surface area contributed by atoms with Crippen LogP contribution in [0.15, 0.2) is 22.7 Å². The van der Waals surface area contributed by atoms with Gasteiger partial charge in [0.1, 0.15) is 0 Å². The third kappa shape index (κ3) is 3.77. The molecule has 1 aliphatic rings. The summed E-state index contributed by atoms with van der Waals surface area (Å²) in [6.45, 7) is 2.03. The summed E-state index contributed by atoms with van der Waals surface area (Å²) in [5, 5.41) is 9.61. The number of hydrogen-bond donors (Lipinski definition) is 1. The summed E-state index contributed by atoms with van der Waals surface area (Å²) >= 11 is 9.13. The molecule has 0 saturated carbocycles. The lowest BCUT2D eigenvalue weighted by Crippen LogP contribution is -2.31. The summed E-state index contributed by atoms with van der Waals surface area (Å²) < 4.78 is 26.8. The number of carbonyl (C=O) groups is 1. The van der Waals surface area contributed by atoms with E-state index >= 15 is 0 Å². The zero-order valence-electron chi connectivity index (χ0n) is 11.3. The largest absolute Gasteiger partial charge is 0.481 e. The van der Waals surface area contributed by atoms with Crippen molar-refractivity contribution in [1.29, 1.82) is 0 Å². The van der Waals surface area contributed by atoms with Gasteiger partial charge in [0.2, 0.25) is 10.0 Å². The SMILES string of the molecule is C[C@@H]1CN(S(=O)(=O)Cc2ccc(Cl)cc2Br)C[C@H]1C(=O)O. The molecule has 1 N–H and O–H groups in total. The Hall–Kier alpha value is -0.630. The van der Waals surface area contributed by atoms with Crippen LogP contribution in [0.3, 0.4) is 0 Å². The first-order valence-corrected chi connectivity index (χ1v) is 9.13. The molecule has 0 aromatic heterocycles. The molecule has 8 heteroatoms. The van der Waals surface area contributed by atoms with E-state index in [1.54, 1.807) is 25.1 Å². The minimum atomic E-state index is -3.55. The molecule has 1 aromatic rings. The van der Waals surface area contributed by atoms with E-state index in [0.717, 1.165) is 0 Å². The van der Waals surface area contributed by atoms with Crippen molar-refractivity contribution >= 4 is 43.5 Å². The highest BCUT2D eigenvalue weighted by molar-refractivity contribution is 9.10. The van der Waals surface area contributed by atoms with Gasteiger partial charge in [-0.3, -0.25) is 4.79 Å².